The fraction of sp³-hybridized carbons (Fsp3) is 0.657. The molecular formula is C35H54. The van der Waals surface area contributed by atoms with Gasteiger partial charge in [0.05, 0.1) is 0 Å². The Morgan fingerprint density at radius 1 is 0.400 bits per heavy atom. The molecule has 1 aliphatic carbocycles. The second kappa shape index (κ2) is 16.2. The number of fused-ring (bicyclic) bond motifs is 3. The maximum absolute atomic E-state index is 2.46. The smallest absolute Gasteiger partial charge is 0.0215 e. The highest BCUT2D eigenvalue weighted by Gasteiger charge is 2.41. The lowest BCUT2D eigenvalue weighted by molar-refractivity contribution is 0.397. The quantitative estimate of drug-likeness (QED) is 0.167. The van der Waals surface area contributed by atoms with E-state index >= 15 is 0 Å². The molecule has 0 aliphatic heterocycles. The van der Waals surface area contributed by atoms with Gasteiger partial charge in [0.15, 0.2) is 0 Å². The molecule has 0 heterocycles. The van der Waals surface area contributed by atoms with Crippen molar-refractivity contribution in [2.75, 3.05) is 0 Å². The van der Waals surface area contributed by atoms with Gasteiger partial charge in [-0.3, -0.25) is 0 Å². The van der Waals surface area contributed by atoms with E-state index in [1.165, 1.54) is 140 Å². The Hall–Kier alpha value is -1.56. The predicted molar refractivity (Wildman–Crippen MR) is 156 cm³/mol. The lowest BCUT2D eigenvalue weighted by Gasteiger charge is -2.33. The minimum absolute atomic E-state index is 0.245. The average molecular weight is 475 g/mol. The van der Waals surface area contributed by atoms with Crippen LogP contribution >= 0.6 is 0 Å². The van der Waals surface area contributed by atoms with Gasteiger partial charge in [-0.15, -0.1) is 0 Å². The largest absolute Gasteiger partial charge is 0.0654 e. The summed E-state index contributed by atoms with van der Waals surface area (Å²) in [5.74, 6) is 0. The third-order valence-electron chi connectivity index (χ3n) is 8.59. The molecule has 0 spiro atoms. The van der Waals surface area contributed by atoms with Gasteiger partial charge in [0, 0.05) is 5.41 Å². The van der Waals surface area contributed by atoms with Gasteiger partial charge in [-0.1, -0.05) is 178 Å². The van der Waals surface area contributed by atoms with Crippen LogP contribution in [0, 0.1) is 0 Å². The molecule has 194 valence electrons. The van der Waals surface area contributed by atoms with Gasteiger partial charge in [-0.25, -0.2) is 0 Å². The van der Waals surface area contributed by atoms with Crippen molar-refractivity contribution in [3.63, 3.8) is 0 Å². The Labute approximate surface area is 218 Å². The first kappa shape index (κ1) is 28.0. The third kappa shape index (κ3) is 8.23. The van der Waals surface area contributed by atoms with E-state index in [4.69, 9.17) is 0 Å². The molecule has 0 radical (unpaired) electrons. The van der Waals surface area contributed by atoms with Gasteiger partial charge in [0.2, 0.25) is 0 Å². The third-order valence-corrected chi connectivity index (χ3v) is 8.59. The number of benzene rings is 2. The van der Waals surface area contributed by atoms with Crippen LogP contribution in [0.25, 0.3) is 11.1 Å². The predicted octanol–water partition coefficient (Wildman–Crippen LogP) is 11.8. The zero-order valence-electron chi connectivity index (χ0n) is 23.3. The molecule has 0 saturated heterocycles. The number of hydrogen-bond acceptors (Lipinski definition) is 0. The molecule has 2 aromatic rings. The minimum Gasteiger partial charge on any atom is -0.0654 e. The van der Waals surface area contributed by atoms with Crippen LogP contribution in [0.1, 0.15) is 153 Å². The SMILES string of the molecule is CCCCCCCCCCCC1(CCCCCCCCCCC)c2ccccc2-c2ccccc21. The number of unbranched alkanes of at least 4 members (excludes halogenated alkanes) is 16. The van der Waals surface area contributed by atoms with Crippen LogP contribution in [0.2, 0.25) is 0 Å². The molecule has 0 saturated carbocycles. The van der Waals surface area contributed by atoms with Crippen molar-refractivity contribution < 1.29 is 0 Å². The zero-order chi connectivity index (χ0) is 24.6. The summed E-state index contributed by atoms with van der Waals surface area (Å²) >= 11 is 0. The number of hydrogen-bond donors (Lipinski definition) is 0. The zero-order valence-corrected chi connectivity index (χ0v) is 23.3. The molecular weight excluding hydrogens is 420 g/mol. The van der Waals surface area contributed by atoms with E-state index in [1.807, 2.05) is 0 Å². The summed E-state index contributed by atoms with van der Waals surface area (Å²) in [5.41, 5.74) is 6.51. The van der Waals surface area contributed by atoms with Crippen molar-refractivity contribution in [3.8, 4) is 11.1 Å². The van der Waals surface area contributed by atoms with E-state index < -0.39 is 0 Å². The van der Waals surface area contributed by atoms with Crippen LogP contribution in [0.3, 0.4) is 0 Å². The van der Waals surface area contributed by atoms with Crippen LogP contribution in [0.4, 0.5) is 0 Å². The van der Waals surface area contributed by atoms with E-state index in [1.54, 1.807) is 11.1 Å². The molecule has 0 heteroatoms. The second-order valence-electron chi connectivity index (χ2n) is 11.3. The Balaban J connectivity index is 1.55. The first-order valence-electron chi connectivity index (χ1n) is 15.5. The van der Waals surface area contributed by atoms with E-state index in [9.17, 15) is 0 Å². The maximum atomic E-state index is 2.46. The molecule has 35 heavy (non-hydrogen) atoms. The van der Waals surface area contributed by atoms with Crippen molar-refractivity contribution >= 4 is 0 Å². The maximum Gasteiger partial charge on any atom is 0.0215 e. The van der Waals surface area contributed by atoms with Crippen LogP contribution in [-0.2, 0) is 5.41 Å². The monoisotopic (exact) mass is 474 g/mol. The van der Waals surface area contributed by atoms with Gasteiger partial charge < -0.3 is 0 Å². The molecule has 0 amide bonds. The Morgan fingerprint density at radius 2 is 0.714 bits per heavy atom. The summed E-state index contributed by atoms with van der Waals surface area (Å²) < 4.78 is 0. The summed E-state index contributed by atoms with van der Waals surface area (Å²) in [6.45, 7) is 4.62. The molecule has 0 aromatic heterocycles. The molecule has 0 atom stereocenters. The van der Waals surface area contributed by atoms with Crippen molar-refractivity contribution in [3.05, 3.63) is 59.7 Å². The van der Waals surface area contributed by atoms with E-state index in [-0.39, 0.29) is 5.41 Å². The van der Waals surface area contributed by atoms with Crippen LogP contribution in [0.5, 0.6) is 0 Å². The highest BCUT2D eigenvalue weighted by Crippen LogP contribution is 2.54. The highest BCUT2D eigenvalue weighted by atomic mass is 14.4. The first-order valence-corrected chi connectivity index (χ1v) is 15.5. The fourth-order valence-corrected chi connectivity index (χ4v) is 6.55. The lowest BCUT2D eigenvalue weighted by Crippen LogP contribution is -2.25. The van der Waals surface area contributed by atoms with Gasteiger partial charge in [-0.05, 0) is 35.1 Å². The summed E-state index contributed by atoms with van der Waals surface area (Å²) in [5, 5.41) is 0. The Bertz CT molecular complexity index is 747. The summed E-state index contributed by atoms with van der Waals surface area (Å²) in [6, 6.07) is 18.7. The lowest BCUT2D eigenvalue weighted by atomic mass is 9.70. The summed E-state index contributed by atoms with van der Waals surface area (Å²) in [6.07, 6.45) is 28.1. The summed E-state index contributed by atoms with van der Waals surface area (Å²) in [4.78, 5) is 0. The van der Waals surface area contributed by atoms with Crippen LogP contribution in [-0.4, -0.2) is 0 Å². The molecule has 0 nitrogen and oxygen atoms in total. The van der Waals surface area contributed by atoms with Crippen molar-refractivity contribution in [1.29, 1.82) is 0 Å². The normalized spacial score (nSPS) is 13.7. The van der Waals surface area contributed by atoms with Crippen molar-refractivity contribution in [2.45, 2.75) is 148 Å². The van der Waals surface area contributed by atoms with E-state index in [2.05, 4.69) is 62.4 Å². The van der Waals surface area contributed by atoms with Gasteiger partial charge in [-0.2, -0.15) is 0 Å². The number of rotatable bonds is 20. The molecule has 0 bridgehead atoms. The molecule has 2 aromatic carbocycles. The minimum atomic E-state index is 0.245. The topological polar surface area (TPSA) is 0 Å². The molecule has 0 fully saturated rings. The van der Waals surface area contributed by atoms with Gasteiger partial charge in [0.1, 0.15) is 0 Å². The standard InChI is InChI=1S/C35H54/c1-3-5-7-9-11-13-15-17-23-29-35(30-24-18-16-14-12-10-8-6-4-2)33-27-21-19-25-31(33)32-26-20-22-28-34(32)35/h19-22,25-28H,3-18,23-24,29-30H2,1-2H3. The highest BCUT2D eigenvalue weighted by molar-refractivity contribution is 5.80. The molecule has 3 rings (SSSR count). The molecule has 0 N–H and O–H groups in total. The molecule has 1 aliphatic rings. The van der Waals surface area contributed by atoms with Crippen molar-refractivity contribution in [2.24, 2.45) is 0 Å². The first-order chi connectivity index (χ1) is 17.3. The van der Waals surface area contributed by atoms with E-state index in [0.29, 0.717) is 0 Å². The molecule has 0 unspecified atom stereocenters. The Morgan fingerprint density at radius 3 is 1.09 bits per heavy atom. The van der Waals surface area contributed by atoms with Crippen molar-refractivity contribution in [1.82, 2.24) is 0 Å². The van der Waals surface area contributed by atoms with Gasteiger partial charge in [0.25, 0.3) is 0 Å². The second-order valence-corrected chi connectivity index (χ2v) is 11.3. The van der Waals surface area contributed by atoms with Crippen LogP contribution in [0.15, 0.2) is 48.5 Å². The fourth-order valence-electron chi connectivity index (χ4n) is 6.55. The van der Waals surface area contributed by atoms with Crippen LogP contribution < -0.4 is 0 Å². The van der Waals surface area contributed by atoms with Gasteiger partial charge >= 0.3 is 0 Å². The average Bonchev–Trinajstić information content (AvgIpc) is 3.17. The van der Waals surface area contributed by atoms with E-state index in [0.717, 1.165) is 0 Å². The summed E-state index contributed by atoms with van der Waals surface area (Å²) in [7, 11) is 0. The Kier molecular flexibility index (Phi) is 13.0.